The van der Waals surface area contributed by atoms with Crippen LogP contribution in [0.4, 0.5) is 0 Å². The molecule has 0 saturated heterocycles. The SMILES string of the molecule is CCCCOc1cc(C(=O)N2CCN=C2C)cc(OCCCC)n1. The second-order valence-electron chi connectivity index (χ2n) is 5.82. The first-order chi connectivity index (χ1) is 11.7. The predicted octanol–water partition coefficient (Wildman–Crippen LogP) is 3.31. The zero-order chi connectivity index (χ0) is 17.4. The van der Waals surface area contributed by atoms with Crippen molar-refractivity contribution >= 4 is 11.7 Å². The van der Waals surface area contributed by atoms with E-state index in [9.17, 15) is 4.79 Å². The van der Waals surface area contributed by atoms with Gasteiger partial charge in [0.05, 0.1) is 25.3 Å². The zero-order valence-corrected chi connectivity index (χ0v) is 14.9. The summed E-state index contributed by atoms with van der Waals surface area (Å²) in [6, 6.07) is 3.38. The number of carbonyl (C=O) groups is 1. The molecule has 0 fully saturated rings. The third-order valence-corrected chi connectivity index (χ3v) is 3.82. The third-order valence-electron chi connectivity index (χ3n) is 3.82. The number of pyridine rings is 1. The lowest BCUT2D eigenvalue weighted by molar-refractivity contribution is 0.0856. The van der Waals surface area contributed by atoms with Crippen molar-refractivity contribution in [3.63, 3.8) is 0 Å². The standard InChI is InChI=1S/C18H27N3O3/c1-4-6-10-23-16-12-15(13-17(20-16)24-11-7-5-2)18(22)21-9-8-19-14(21)3/h12-13H,4-11H2,1-3H3. The summed E-state index contributed by atoms with van der Waals surface area (Å²) < 4.78 is 11.4. The van der Waals surface area contributed by atoms with Gasteiger partial charge in [0.1, 0.15) is 5.84 Å². The molecule has 1 amide bonds. The first kappa shape index (κ1) is 18.2. The highest BCUT2D eigenvalue weighted by Crippen LogP contribution is 2.21. The number of amidine groups is 1. The van der Waals surface area contributed by atoms with Crippen LogP contribution in [0.5, 0.6) is 11.8 Å². The van der Waals surface area contributed by atoms with E-state index in [1.54, 1.807) is 17.0 Å². The Morgan fingerprint density at radius 1 is 1.12 bits per heavy atom. The molecule has 0 unspecified atom stereocenters. The maximum absolute atomic E-state index is 12.7. The van der Waals surface area contributed by atoms with Gasteiger partial charge >= 0.3 is 0 Å². The van der Waals surface area contributed by atoms with Gasteiger partial charge in [-0.2, -0.15) is 4.98 Å². The number of nitrogens with zero attached hydrogens (tertiary/aromatic N) is 3. The number of unbranched alkanes of at least 4 members (excludes halogenated alkanes) is 2. The molecule has 0 aromatic carbocycles. The molecule has 0 saturated carbocycles. The van der Waals surface area contributed by atoms with Crippen molar-refractivity contribution in [2.75, 3.05) is 26.3 Å². The van der Waals surface area contributed by atoms with Crippen molar-refractivity contribution in [2.24, 2.45) is 4.99 Å². The Morgan fingerprint density at radius 2 is 1.71 bits per heavy atom. The van der Waals surface area contributed by atoms with Crippen LogP contribution in [0.15, 0.2) is 17.1 Å². The van der Waals surface area contributed by atoms with E-state index in [2.05, 4.69) is 23.8 Å². The summed E-state index contributed by atoms with van der Waals surface area (Å²) in [6.07, 6.45) is 3.98. The highest BCUT2D eigenvalue weighted by Gasteiger charge is 2.23. The Bertz CT molecular complexity index is 559. The summed E-state index contributed by atoms with van der Waals surface area (Å²) in [5.41, 5.74) is 0.527. The molecule has 24 heavy (non-hydrogen) atoms. The van der Waals surface area contributed by atoms with E-state index in [0.29, 0.717) is 43.6 Å². The summed E-state index contributed by atoms with van der Waals surface area (Å²) in [7, 11) is 0. The lowest BCUT2D eigenvalue weighted by Crippen LogP contribution is -2.32. The van der Waals surface area contributed by atoms with Crippen LogP contribution in [0.25, 0.3) is 0 Å². The molecule has 0 N–H and O–H groups in total. The number of amides is 1. The molecule has 6 nitrogen and oxygen atoms in total. The Hall–Kier alpha value is -2.11. The molecule has 2 rings (SSSR count). The summed E-state index contributed by atoms with van der Waals surface area (Å²) in [5.74, 6) is 1.54. The van der Waals surface area contributed by atoms with Crippen molar-refractivity contribution in [3.8, 4) is 11.8 Å². The summed E-state index contributed by atoms with van der Waals surface area (Å²) in [4.78, 5) is 23.0. The van der Waals surface area contributed by atoms with E-state index in [4.69, 9.17) is 9.47 Å². The number of hydrogen-bond acceptors (Lipinski definition) is 5. The van der Waals surface area contributed by atoms with Crippen LogP contribution in [0, 0.1) is 0 Å². The second-order valence-corrected chi connectivity index (χ2v) is 5.82. The van der Waals surface area contributed by atoms with Gasteiger partial charge in [0.15, 0.2) is 0 Å². The average molecular weight is 333 g/mol. The number of aromatic nitrogens is 1. The van der Waals surface area contributed by atoms with Crippen LogP contribution < -0.4 is 9.47 Å². The first-order valence-electron chi connectivity index (χ1n) is 8.76. The smallest absolute Gasteiger partial charge is 0.259 e. The fourth-order valence-corrected chi connectivity index (χ4v) is 2.36. The molecule has 0 aliphatic carbocycles. The minimum Gasteiger partial charge on any atom is -0.478 e. The predicted molar refractivity (Wildman–Crippen MR) is 94.1 cm³/mol. The lowest BCUT2D eigenvalue weighted by Gasteiger charge is -2.17. The van der Waals surface area contributed by atoms with Crippen LogP contribution in [-0.4, -0.2) is 47.9 Å². The number of ether oxygens (including phenoxy) is 2. The van der Waals surface area contributed by atoms with Crippen molar-refractivity contribution in [1.82, 2.24) is 9.88 Å². The number of hydrogen-bond donors (Lipinski definition) is 0. The highest BCUT2D eigenvalue weighted by molar-refractivity contribution is 6.06. The fraction of sp³-hybridized carbons (Fsp3) is 0.611. The van der Waals surface area contributed by atoms with Crippen molar-refractivity contribution in [1.29, 1.82) is 0 Å². The topological polar surface area (TPSA) is 64.0 Å². The van der Waals surface area contributed by atoms with E-state index in [-0.39, 0.29) is 5.91 Å². The number of carbonyl (C=O) groups excluding carboxylic acids is 1. The maximum Gasteiger partial charge on any atom is 0.259 e. The van der Waals surface area contributed by atoms with Crippen molar-refractivity contribution < 1.29 is 14.3 Å². The fourth-order valence-electron chi connectivity index (χ4n) is 2.36. The number of aliphatic imine (C=N–C) groups is 1. The summed E-state index contributed by atoms with van der Waals surface area (Å²) in [6.45, 7) is 8.49. The molecule has 0 atom stereocenters. The average Bonchev–Trinajstić information content (AvgIpc) is 3.00. The monoisotopic (exact) mass is 333 g/mol. The molecule has 2 heterocycles. The van der Waals surface area contributed by atoms with E-state index in [1.807, 2.05) is 6.92 Å². The van der Waals surface area contributed by atoms with E-state index in [1.165, 1.54) is 0 Å². The molecular formula is C18H27N3O3. The minimum atomic E-state index is -0.0863. The van der Waals surface area contributed by atoms with Gasteiger partial charge in [0.2, 0.25) is 11.8 Å². The van der Waals surface area contributed by atoms with Gasteiger partial charge in [0.25, 0.3) is 5.91 Å². The molecule has 6 heteroatoms. The lowest BCUT2D eigenvalue weighted by atomic mass is 10.2. The minimum absolute atomic E-state index is 0.0863. The Morgan fingerprint density at radius 3 is 2.17 bits per heavy atom. The quantitative estimate of drug-likeness (QED) is 0.650. The Balaban J connectivity index is 2.17. The van der Waals surface area contributed by atoms with Gasteiger partial charge in [0, 0.05) is 18.7 Å². The summed E-state index contributed by atoms with van der Waals surface area (Å²) in [5, 5.41) is 0. The largest absolute Gasteiger partial charge is 0.478 e. The normalized spacial score (nSPS) is 13.8. The Kier molecular flexibility index (Phi) is 7.03. The van der Waals surface area contributed by atoms with Gasteiger partial charge in [-0.25, -0.2) is 0 Å². The van der Waals surface area contributed by atoms with Crippen molar-refractivity contribution in [2.45, 2.75) is 46.5 Å². The molecule has 0 spiro atoms. The molecule has 0 bridgehead atoms. The van der Waals surface area contributed by atoms with Crippen LogP contribution in [-0.2, 0) is 0 Å². The summed E-state index contributed by atoms with van der Waals surface area (Å²) >= 11 is 0. The zero-order valence-electron chi connectivity index (χ0n) is 14.9. The maximum atomic E-state index is 12.7. The van der Waals surface area contributed by atoms with Crippen LogP contribution >= 0.6 is 0 Å². The van der Waals surface area contributed by atoms with E-state index < -0.39 is 0 Å². The highest BCUT2D eigenvalue weighted by atomic mass is 16.5. The van der Waals surface area contributed by atoms with Gasteiger partial charge in [-0.05, 0) is 19.8 Å². The van der Waals surface area contributed by atoms with Crippen LogP contribution in [0.2, 0.25) is 0 Å². The van der Waals surface area contributed by atoms with Gasteiger partial charge < -0.3 is 9.47 Å². The Labute approximate surface area is 143 Å². The first-order valence-corrected chi connectivity index (χ1v) is 8.76. The number of rotatable bonds is 9. The van der Waals surface area contributed by atoms with Crippen LogP contribution in [0.3, 0.4) is 0 Å². The van der Waals surface area contributed by atoms with Crippen LogP contribution in [0.1, 0.15) is 56.8 Å². The van der Waals surface area contributed by atoms with Gasteiger partial charge in [-0.15, -0.1) is 0 Å². The molecule has 1 aromatic heterocycles. The molecule has 1 aliphatic heterocycles. The van der Waals surface area contributed by atoms with Gasteiger partial charge in [-0.1, -0.05) is 26.7 Å². The molecule has 1 aromatic rings. The van der Waals surface area contributed by atoms with E-state index >= 15 is 0 Å². The molecule has 0 radical (unpaired) electrons. The third kappa shape index (κ3) is 4.94. The second kappa shape index (κ2) is 9.25. The van der Waals surface area contributed by atoms with Crippen molar-refractivity contribution in [3.05, 3.63) is 17.7 Å². The molecule has 132 valence electrons. The molecule has 1 aliphatic rings. The van der Waals surface area contributed by atoms with E-state index in [0.717, 1.165) is 31.5 Å². The molecular weight excluding hydrogens is 306 g/mol. The van der Waals surface area contributed by atoms with Gasteiger partial charge in [-0.3, -0.25) is 14.7 Å².